The SMILES string of the molecule is CCC1=CCC(=Nc2cccc3cccnc23)NC1=Nc1cccc2cccnc12. The molecule has 1 aliphatic rings. The largest absolute Gasteiger partial charge is 0.328 e. The number of amidine groups is 2. The van der Waals surface area contributed by atoms with Crippen molar-refractivity contribution in [2.75, 3.05) is 0 Å². The first-order valence-electron chi connectivity index (χ1n) is 10.1. The molecule has 0 saturated heterocycles. The van der Waals surface area contributed by atoms with Gasteiger partial charge in [0.15, 0.2) is 0 Å². The van der Waals surface area contributed by atoms with Gasteiger partial charge in [0.05, 0.1) is 22.4 Å². The molecule has 1 N–H and O–H groups in total. The minimum Gasteiger partial charge on any atom is -0.328 e. The highest BCUT2D eigenvalue weighted by molar-refractivity contribution is 6.14. The van der Waals surface area contributed by atoms with Crippen LogP contribution in [-0.4, -0.2) is 21.6 Å². The molecule has 5 nitrogen and oxygen atoms in total. The Morgan fingerprint density at radius 1 is 0.800 bits per heavy atom. The molecule has 4 aromatic rings. The van der Waals surface area contributed by atoms with E-state index in [9.17, 15) is 0 Å². The third kappa shape index (κ3) is 3.46. The van der Waals surface area contributed by atoms with Crippen LogP contribution in [0.2, 0.25) is 0 Å². The standard InChI is InChI=1S/C25H21N5/c1-2-17-13-14-22(28-20-11-3-7-18-9-5-15-26-23(18)20)30-25(17)29-21-12-4-8-19-10-6-16-27-24(19)21/h3-13,15-16H,2,14H2,1H3,(H,28,29,30). The van der Waals surface area contributed by atoms with E-state index in [0.29, 0.717) is 0 Å². The van der Waals surface area contributed by atoms with E-state index in [-0.39, 0.29) is 0 Å². The first kappa shape index (κ1) is 18.2. The van der Waals surface area contributed by atoms with Crippen LogP contribution in [0.15, 0.2) is 94.7 Å². The van der Waals surface area contributed by atoms with Crippen molar-refractivity contribution >= 4 is 44.9 Å². The average molecular weight is 391 g/mol. The minimum absolute atomic E-state index is 0.735. The molecule has 3 heterocycles. The fourth-order valence-corrected chi connectivity index (χ4v) is 3.69. The number of aliphatic imine (C=N–C) groups is 2. The number of benzene rings is 2. The predicted octanol–water partition coefficient (Wildman–Crippen LogP) is 5.87. The number of pyridine rings is 2. The van der Waals surface area contributed by atoms with Crippen LogP contribution < -0.4 is 5.32 Å². The molecular formula is C25H21N5. The second-order valence-electron chi connectivity index (χ2n) is 7.14. The molecule has 0 spiro atoms. The lowest BCUT2D eigenvalue weighted by molar-refractivity contribution is 1.08. The van der Waals surface area contributed by atoms with Gasteiger partial charge < -0.3 is 5.32 Å². The van der Waals surface area contributed by atoms with Crippen molar-refractivity contribution in [3.05, 3.63) is 84.7 Å². The van der Waals surface area contributed by atoms with Crippen LogP contribution >= 0.6 is 0 Å². The molecule has 146 valence electrons. The number of hydrogen-bond donors (Lipinski definition) is 1. The molecule has 1 aliphatic heterocycles. The Kier molecular flexibility index (Phi) is 4.77. The lowest BCUT2D eigenvalue weighted by atomic mass is 10.1. The van der Waals surface area contributed by atoms with Gasteiger partial charge in [0.25, 0.3) is 0 Å². The van der Waals surface area contributed by atoms with E-state index >= 15 is 0 Å². The summed E-state index contributed by atoms with van der Waals surface area (Å²) in [6, 6.07) is 20.1. The fraction of sp³-hybridized carbons (Fsp3) is 0.120. The maximum Gasteiger partial charge on any atom is 0.134 e. The topological polar surface area (TPSA) is 62.5 Å². The summed E-state index contributed by atoms with van der Waals surface area (Å²) in [7, 11) is 0. The predicted molar refractivity (Wildman–Crippen MR) is 124 cm³/mol. The molecule has 0 atom stereocenters. The van der Waals surface area contributed by atoms with Gasteiger partial charge in [-0.3, -0.25) is 9.97 Å². The van der Waals surface area contributed by atoms with Crippen LogP contribution in [-0.2, 0) is 0 Å². The normalized spacial score (nSPS) is 16.8. The fourth-order valence-electron chi connectivity index (χ4n) is 3.69. The van der Waals surface area contributed by atoms with Crippen LogP contribution in [0.25, 0.3) is 21.8 Å². The molecule has 0 fully saturated rings. The van der Waals surface area contributed by atoms with Gasteiger partial charge in [-0.2, -0.15) is 0 Å². The summed E-state index contributed by atoms with van der Waals surface area (Å²) in [5.74, 6) is 1.69. The quantitative estimate of drug-likeness (QED) is 0.475. The molecule has 5 rings (SSSR count). The molecule has 0 saturated carbocycles. The van der Waals surface area contributed by atoms with Gasteiger partial charge in [-0.05, 0) is 36.3 Å². The van der Waals surface area contributed by atoms with Gasteiger partial charge in [0.1, 0.15) is 11.7 Å². The zero-order valence-corrected chi connectivity index (χ0v) is 16.7. The highest BCUT2D eigenvalue weighted by atomic mass is 15.1. The first-order valence-corrected chi connectivity index (χ1v) is 10.1. The van der Waals surface area contributed by atoms with Crippen molar-refractivity contribution in [1.29, 1.82) is 0 Å². The van der Waals surface area contributed by atoms with Gasteiger partial charge in [0, 0.05) is 29.6 Å². The van der Waals surface area contributed by atoms with Crippen LogP contribution in [0.5, 0.6) is 0 Å². The van der Waals surface area contributed by atoms with E-state index in [1.807, 2.05) is 36.4 Å². The van der Waals surface area contributed by atoms with Crippen LogP contribution in [0.3, 0.4) is 0 Å². The van der Waals surface area contributed by atoms with E-state index in [0.717, 1.165) is 57.7 Å². The molecule has 2 aromatic heterocycles. The zero-order chi connectivity index (χ0) is 20.3. The van der Waals surface area contributed by atoms with Crippen molar-refractivity contribution in [2.24, 2.45) is 9.98 Å². The van der Waals surface area contributed by atoms with Gasteiger partial charge in [-0.25, -0.2) is 9.98 Å². The second kappa shape index (κ2) is 7.87. The van der Waals surface area contributed by atoms with E-state index < -0.39 is 0 Å². The van der Waals surface area contributed by atoms with E-state index in [1.54, 1.807) is 12.4 Å². The van der Waals surface area contributed by atoms with Crippen LogP contribution in [0.1, 0.15) is 19.8 Å². The minimum atomic E-state index is 0.735. The Morgan fingerprint density at radius 3 is 2.03 bits per heavy atom. The first-order chi connectivity index (χ1) is 14.8. The van der Waals surface area contributed by atoms with Gasteiger partial charge in [0.2, 0.25) is 0 Å². The lowest BCUT2D eigenvalue weighted by Gasteiger charge is -2.19. The summed E-state index contributed by atoms with van der Waals surface area (Å²) < 4.78 is 0. The highest BCUT2D eigenvalue weighted by Gasteiger charge is 2.16. The molecule has 0 radical (unpaired) electrons. The van der Waals surface area contributed by atoms with Crippen LogP contribution in [0.4, 0.5) is 11.4 Å². The smallest absolute Gasteiger partial charge is 0.134 e. The second-order valence-corrected chi connectivity index (χ2v) is 7.14. The molecule has 5 heteroatoms. The average Bonchev–Trinajstić information content (AvgIpc) is 2.80. The number of nitrogens with zero attached hydrogens (tertiary/aromatic N) is 4. The van der Waals surface area contributed by atoms with Crippen molar-refractivity contribution in [3.8, 4) is 0 Å². The van der Waals surface area contributed by atoms with E-state index in [1.165, 1.54) is 5.57 Å². The molecular weight excluding hydrogens is 370 g/mol. The Balaban J connectivity index is 1.56. The summed E-state index contributed by atoms with van der Waals surface area (Å²) in [5, 5.41) is 5.61. The summed E-state index contributed by atoms with van der Waals surface area (Å²) in [5.41, 5.74) is 4.68. The molecule has 0 unspecified atom stereocenters. The van der Waals surface area contributed by atoms with Crippen molar-refractivity contribution in [1.82, 2.24) is 15.3 Å². The molecule has 2 aromatic carbocycles. The summed E-state index contributed by atoms with van der Waals surface area (Å²) in [4.78, 5) is 18.8. The molecule has 0 amide bonds. The van der Waals surface area contributed by atoms with E-state index in [2.05, 4.69) is 52.5 Å². The number of fused-ring (bicyclic) bond motifs is 2. The highest BCUT2D eigenvalue weighted by Crippen LogP contribution is 2.27. The maximum atomic E-state index is 4.93. The van der Waals surface area contributed by atoms with Crippen molar-refractivity contribution in [2.45, 2.75) is 19.8 Å². The van der Waals surface area contributed by atoms with Gasteiger partial charge in [-0.1, -0.05) is 49.4 Å². The molecule has 0 aliphatic carbocycles. The van der Waals surface area contributed by atoms with Crippen molar-refractivity contribution < 1.29 is 0 Å². The summed E-state index contributed by atoms with van der Waals surface area (Å²) in [6.07, 6.45) is 7.44. The number of rotatable bonds is 3. The Labute approximate surface area is 174 Å². The Hall–Kier alpha value is -3.86. The van der Waals surface area contributed by atoms with Gasteiger partial charge >= 0.3 is 0 Å². The third-order valence-electron chi connectivity index (χ3n) is 5.20. The number of nitrogens with one attached hydrogen (secondary N) is 1. The molecule has 30 heavy (non-hydrogen) atoms. The van der Waals surface area contributed by atoms with Crippen LogP contribution in [0, 0.1) is 0 Å². The Morgan fingerprint density at radius 2 is 1.40 bits per heavy atom. The third-order valence-corrected chi connectivity index (χ3v) is 5.20. The summed E-state index contributed by atoms with van der Waals surface area (Å²) in [6.45, 7) is 2.14. The van der Waals surface area contributed by atoms with Gasteiger partial charge in [-0.15, -0.1) is 0 Å². The number of para-hydroxylation sites is 2. The number of aromatic nitrogens is 2. The van der Waals surface area contributed by atoms with E-state index in [4.69, 9.17) is 9.98 Å². The molecule has 0 bridgehead atoms. The van der Waals surface area contributed by atoms with Crippen molar-refractivity contribution in [3.63, 3.8) is 0 Å². The maximum absolute atomic E-state index is 4.93. The number of hydrogen-bond acceptors (Lipinski definition) is 4. The summed E-state index contributed by atoms with van der Waals surface area (Å²) >= 11 is 0. The monoisotopic (exact) mass is 391 g/mol. The lowest BCUT2D eigenvalue weighted by Crippen LogP contribution is -2.34. The zero-order valence-electron chi connectivity index (χ0n) is 16.7. The Bertz CT molecular complexity index is 1320.